The minimum absolute atomic E-state index is 0.185. The van der Waals surface area contributed by atoms with Crippen LogP contribution in [0.1, 0.15) is 13.8 Å². The van der Waals surface area contributed by atoms with Crippen LogP contribution < -0.4 is 36.4 Å². The van der Waals surface area contributed by atoms with Gasteiger partial charge in [-0.15, -0.1) is 0 Å². The predicted molar refractivity (Wildman–Crippen MR) is 197 cm³/mol. The Bertz CT molecular complexity index is 1250. The van der Waals surface area contributed by atoms with Gasteiger partial charge in [-0.2, -0.15) is 25.3 Å². The molecule has 9 nitrogen and oxygen atoms in total. The topological polar surface area (TPSA) is 126 Å². The molecule has 0 bridgehead atoms. The lowest BCUT2D eigenvalue weighted by Crippen LogP contribution is -2.49. The van der Waals surface area contributed by atoms with E-state index in [0.29, 0.717) is 13.1 Å². The highest BCUT2D eigenvalue weighted by Crippen LogP contribution is 2.14. The lowest BCUT2D eigenvalue weighted by Gasteiger charge is -2.24. The number of ether oxygens (including phenoxy) is 1. The molecule has 4 N–H and O–H groups in total. The van der Waals surface area contributed by atoms with Crippen LogP contribution in [0.5, 0.6) is 5.75 Å². The molecule has 0 heterocycles. The fourth-order valence-electron chi connectivity index (χ4n) is 4.35. The number of rotatable bonds is 15. The van der Waals surface area contributed by atoms with Crippen LogP contribution in [0.2, 0.25) is 43.3 Å². The van der Waals surface area contributed by atoms with Crippen molar-refractivity contribution in [1.82, 2.24) is 21.3 Å². The zero-order valence-electron chi connectivity index (χ0n) is 27.3. The largest absolute Gasteiger partial charge is 0.497 e. The van der Waals surface area contributed by atoms with E-state index >= 15 is 0 Å². The van der Waals surface area contributed by atoms with Gasteiger partial charge >= 0.3 is 0 Å². The van der Waals surface area contributed by atoms with Crippen LogP contribution in [0.25, 0.3) is 0 Å². The summed E-state index contributed by atoms with van der Waals surface area (Å²) < 4.78 is 5.18. The SMILES string of the molecule is CC(=O)N[C@@H](CS)C(=O)NCC[Si](C)(C)c1ccc(Cl)cc1.COc1ccc([Si](C)(C)CCNC(=O)[C@H](CS)NC(C)=O)cc1. The Morgan fingerprint density at radius 2 is 1.07 bits per heavy atom. The van der Waals surface area contributed by atoms with Crippen LogP contribution in [0.3, 0.4) is 0 Å². The molecule has 0 spiro atoms. The number of methoxy groups -OCH3 is 1. The fraction of sp³-hybridized carbons (Fsp3) is 0.484. The van der Waals surface area contributed by atoms with E-state index in [0.717, 1.165) is 22.9 Å². The summed E-state index contributed by atoms with van der Waals surface area (Å²) in [6, 6.07) is 16.7. The van der Waals surface area contributed by atoms with Crippen molar-refractivity contribution >= 4 is 87.0 Å². The van der Waals surface area contributed by atoms with Gasteiger partial charge in [0, 0.05) is 43.5 Å². The maximum absolute atomic E-state index is 12.0. The molecule has 250 valence electrons. The molecule has 0 aliphatic carbocycles. The van der Waals surface area contributed by atoms with E-state index in [1.165, 1.54) is 24.2 Å². The Balaban J connectivity index is 0.000000450. The van der Waals surface area contributed by atoms with Gasteiger partial charge in [0.25, 0.3) is 0 Å². The first-order valence-electron chi connectivity index (χ1n) is 14.8. The molecule has 45 heavy (non-hydrogen) atoms. The molecule has 2 rings (SSSR count). The van der Waals surface area contributed by atoms with Gasteiger partial charge in [0.1, 0.15) is 17.8 Å². The van der Waals surface area contributed by atoms with Gasteiger partial charge in [0.15, 0.2) is 0 Å². The zero-order chi connectivity index (χ0) is 34.2. The van der Waals surface area contributed by atoms with Crippen LogP contribution in [-0.2, 0) is 19.2 Å². The summed E-state index contributed by atoms with van der Waals surface area (Å²) in [7, 11) is -1.61. The Morgan fingerprint density at radius 3 is 1.38 bits per heavy atom. The summed E-state index contributed by atoms with van der Waals surface area (Å²) in [5.74, 6) is 0.575. The van der Waals surface area contributed by atoms with Crippen molar-refractivity contribution in [2.45, 2.75) is 64.2 Å². The van der Waals surface area contributed by atoms with Crippen molar-refractivity contribution in [1.29, 1.82) is 0 Å². The highest BCUT2D eigenvalue weighted by atomic mass is 35.5. The smallest absolute Gasteiger partial charge is 0.243 e. The first kappa shape index (κ1) is 40.6. The fourth-order valence-corrected chi connectivity index (χ4v) is 9.21. The van der Waals surface area contributed by atoms with Crippen molar-refractivity contribution in [2.75, 3.05) is 31.7 Å². The second-order valence-electron chi connectivity index (χ2n) is 12.0. The highest BCUT2D eigenvalue weighted by molar-refractivity contribution is 7.80. The standard InChI is InChI=1S/C16H26N2O3SSi.C15H23ClN2O2SSi/c1-12(19)18-15(11-22)16(20)17-9-10-23(3,4)14-7-5-13(21-2)6-8-14;1-11(19)18-14(10-21)15(20)17-8-9-22(2,3)13-6-4-12(16)5-7-13/h5-8,15,22H,9-11H2,1-4H3,(H,17,20)(H,18,19);4-7,14,21H,8-10H2,1-3H3,(H,17,20)(H,18,19)/t15-;14-/m00/s1. The van der Waals surface area contributed by atoms with E-state index in [9.17, 15) is 19.2 Å². The lowest BCUT2D eigenvalue weighted by atomic mass is 10.3. The number of halogens is 1. The van der Waals surface area contributed by atoms with Gasteiger partial charge in [-0.1, -0.05) is 72.4 Å². The summed E-state index contributed by atoms with van der Waals surface area (Å²) in [5, 5.41) is 14.3. The Labute approximate surface area is 286 Å². The second kappa shape index (κ2) is 19.9. The molecule has 2 atom stereocenters. The Hall–Kier alpha value is -2.46. The first-order valence-corrected chi connectivity index (χ1v) is 22.8. The van der Waals surface area contributed by atoms with Gasteiger partial charge in [-0.25, -0.2) is 0 Å². The van der Waals surface area contributed by atoms with Gasteiger partial charge in [0.2, 0.25) is 23.6 Å². The third-order valence-corrected chi connectivity index (χ3v) is 15.1. The van der Waals surface area contributed by atoms with Crippen molar-refractivity contribution < 1.29 is 23.9 Å². The molecule has 0 fully saturated rings. The van der Waals surface area contributed by atoms with Crippen LogP contribution >= 0.6 is 36.9 Å². The summed E-state index contributed by atoms with van der Waals surface area (Å²) >= 11 is 14.1. The molecule has 4 amide bonds. The molecule has 2 aromatic rings. The molecule has 0 saturated heterocycles. The van der Waals surface area contributed by atoms with E-state index < -0.39 is 28.2 Å². The number of thiol groups is 2. The Kier molecular flexibility index (Phi) is 18.0. The zero-order valence-corrected chi connectivity index (χ0v) is 31.9. The van der Waals surface area contributed by atoms with E-state index in [2.05, 4.69) is 97.0 Å². The molecule has 0 aromatic heterocycles. The molecule has 0 aliphatic rings. The van der Waals surface area contributed by atoms with Gasteiger partial charge in [-0.3, -0.25) is 19.2 Å². The lowest BCUT2D eigenvalue weighted by molar-refractivity contribution is -0.127. The van der Waals surface area contributed by atoms with Crippen molar-refractivity contribution in [2.24, 2.45) is 0 Å². The van der Waals surface area contributed by atoms with Crippen LogP contribution in [0.15, 0.2) is 48.5 Å². The third kappa shape index (κ3) is 15.1. The number of hydrogen-bond donors (Lipinski definition) is 6. The summed E-state index contributed by atoms with van der Waals surface area (Å²) in [5.41, 5.74) is 0. The molecule has 0 aliphatic heterocycles. The molecule has 0 saturated carbocycles. The normalized spacial score (nSPS) is 12.5. The summed E-state index contributed by atoms with van der Waals surface area (Å²) in [6.07, 6.45) is 0. The van der Waals surface area contributed by atoms with E-state index in [1.807, 2.05) is 24.3 Å². The van der Waals surface area contributed by atoms with Gasteiger partial charge < -0.3 is 26.0 Å². The molecule has 2 aromatic carbocycles. The van der Waals surface area contributed by atoms with Crippen LogP contribution in [-0.4, -0.2) is 83.6 Å². The monoisotopic (exact) mass is 712 g/mol. The number of hydrogen-bond acceptors (Lipinski definition) is 7. The summed E-state index contributed by atoms with van der Waals surface area (Å²) in [4.78, 5) is 46.1. The number of nitrogens with one attached hydrogen (secondary N) is 4. The Morgan fingerprint density at radius 1 is 0.711 bits per heavy atom. The van der Waals surface area contributed by atoms with E-state index in [4.69, 9.17) is 16.3 Å². The molecular formula is C31H49ClN4O5S2Si2. The van der Waals surface area contributed by atoms with Crippen LogP contribution in [0.4, 0.5) is 0 Å². The number of benzene rings is 2. The molecular weight excluding hydrogens is 664 g/mol. The van der Waals surface area contributed by atoms with Gasteiger partial charge in [-0.05, 0) is 36.4 Å². The molecule has 14 heteroatoms. The maximum Gasteiger partial charge on any atom is 0.243 e. The number of carbonyl (C=O) groups excluding carboxylic acids is 4. The highest BCUT2D eigenvalue weighted by Gasteiger charge is 2.25. The minimum Gasteiger partial charge on any atom is -0.497 e. The van der Waals surface area contributed by atoms with Crippen molar-refractivity contribution in [3.05, 3.63) is 53.6 Å². The van der Waals surface area contributed by atoms with Crippen LogP contribution in [0, 0.1) is 0 Å². The van der Waals surface area contributed by atoms with Crippen molar-refractivity contribution in [3.63, 3.8) is 0 Å². The number of amides is 4. The quantitative estimate of drug-likeness (QED) is 0.125. The average molecular weight is 714 g/mol. The van der Waals surface area contributed by atoms with Gasteiger partial charge in [0.05, 0.1) is 23.3 Å². The first-order chi connectivity index (χ1) is 21.1. The summed E-state index contributed by atoms with van der Waals surface area (Å²) in [6.45, 7) is 13.0. The number of carbonyl (C=O) groups is 4. The second-order valence-corrected chi connectivity index (χ2v) is 22.8. The van der Waals surface area contributed by atoms with Crippen molar-refractivity contribution in [3.8, 4) is 5.75 Å². The van der Waals surface area contributed by atoms with E-state index in [-0.39, 0.29) is 35.1 Å². The maximum atomic E-state index is 12.0. The van der Waals surface area contributed by atoms with E-state index in [1.54, 1.807) is 7.11 Å². The third-order valence-electron chi connectivity index (χ3n) is 7.35. The average Bonchev–Trinajstić information content (AvgIpc) is 2.98. The minimum atomic E-state index is -1.64. The molecule has 0 unspecified atom stereocenters. The molecule has 0 radical (unpaired) electrons. The predicted octanol–water partition coefficient (Wildman–Crippen LogP) is 2.97.